The number of nitrogens with zero attached hydrogens (tertiary/aromatic N) is 2. The van der Waals surface area contributed by atoms with Gasteiger partial charge in [0, 0.05) is 23.7 Å². The van der Waals surface area contributed by atoms with Crippen molar-refractivity contribution in [1.29, 1.82) is 0 Å². The maximum Gasteiger partial charge on any atom is 0.132 e. The quantitative estimate of drug-likeness (QED) is 0.772. The lowest BCUT2D eigenvalue weighted by Crippen LogP contribution is -2.43. The molecule has 2 unspecified atom stereocenters. The predicted octanol–water partition coefficient (Wildman–Crippen LogP) is 3.05. The topological polar surface area (TPSA) is 8.17 Å². The minimum Gasteiger partial charge on any atom is -0.343 e. The highest BCUT2D eigenvalue weighted by Crippen LogP contribution is 2.37. The number of rotatable bonds is 2. The van der Waals surface area contributed by atoms with Crippen LogP contribution in [0.25, 0.3) is 10.9 Å². The summed E-state index contributed by atoms with van der Waals surface area (Å²) < 4.78 is 15.8. The first-order valence-electron chi connectivity index (χ1n) is 6.10. The molecule has 0 amide bonds. The molecule has 1 heterocycles. The van der Waals surface area contributed by atoms with Gasteiger partial charge in [-0.15, -0.1) is 0 Å². The number of benzene rings is 1. The van der Waals surface area contributed by atoms with Crippen LogP contribution < -0.4 is 0 Å². The standard InChI is InChI=1S/C14H17FN2/c1-16(2)13-6-7-14(13)17-9-8-10-11(15)4-3-5-12(10)17/h3-5,8-9,13-14H,6-7H2,1-2H3. The van der Waals surface area contributed by atoms with Crippen LogP contribution in [-0.2, 0) is 0 Å². The number of aromatic nitrogens is 1. The van der Waals surface area contributed by atoms with Crippen LogP contribution in [0.1, 0.15) is 18.9 Å². The Morgan fingerprint density at radius 2 is 2.06 bits per heavy atom. The Hall–Kier alpha value is -1.35. The lowest BCUT2D eigenvalue weighted by atomic mass is 9.85. The third-order valence-corrected chi connectivity index (χ3v) is 3.93. The fourth-order valence-corrected chi connectivity index (χ4v) is 2.83. The molecule has 0 radical (unpaired) electrons. The second-order valence-electron chi connectivity index (χ2n) is 5.07. The first-order chi connectivity index (χ1) is 8.18. The van der Waals surface area contributed by atoms with Gasteiger partial charge in [0.2, 0.25) is 0 Å². The van der Waals surface area contributed by atoms with Crippen molar-refractivity contribution in [2.45, 2.75) is 24.9 Å². The van der Waals surface area contributed by atoms with E-state index in [1.807, 2.05) is 18.3 Å². The molecule has 0 aliphatic heterocycles. The summed E-state index contributed by atoms with van der Waals surface area (Å²) in [5.74, 6) is -0.123. The Balaban J connectivity index is 2.04. The predicted molar refractivity (Wildman–Crippen MR) is 67.6 cm³/mol. The average molecular weight is 232 g/mol. The minimum atomic E-state index is -0.123. The van der Waals surface area contributed by atoms with E-state index in [-0.39, 0.29) is 5.82 Å². The molecular formula is C14H17FN2. The fraction of sp³-hybridized carbons (Fsp3) is 0.429. The van der Waals surface area contributed by atoms with Crippen LogP contribution in [0.2, 0.25) is 0 Å². The van der Waals surface area contributed by atoms with Gasteiger partial charge >= 0.3 is 0 Å². The van der Waals surface area contributed by atoms with Crippen LogP contribution in [0.4, 0.5) is 4.39 Å². The van der Waals surface area contributed by atoms with Gasteiger partial charge < -0.3 is 9.47 Å². The second-order valence-corrected chi connectivity index (χ2v) is 5.07. The maximum absolute atomic E-state index is 13.6. The lowest BCUT2D eigenvalue weighted by Gasteiger charge is -2.42. The molecule has 0 N–H and O–H groups in total. The highest BCUT2D eigenvalue weighted by atomic mass is 19.1. The summed E-state index contributed by atoms with van der Waals surface area (Å²) in [5.41, 5.74) is 1.02. The molecule has 1 aromatic heterocycles. The summed E-state index contributed by atoms with van der Waals surface area (Å²) in [4.78, 5) is 2.26. The SMILES string of the molecule is CN(C)C1CCC1n1ccc2c(F)cccc21. The highest BCUT2D eigenvalue weighted by molar-refractivity contribution is 5.80. The minimum absolute atomic E-state index is 0.123. The van der Waals surface area contributed by atoms with Crippen LogP contribution in [0, 0.1) is 5.82 Å². The van der Waals surface area contributed by atoms with Crippen molar-refractivity contribution in [3.05, 3.63) is 36.3 Å². The van der Waals surface area contributed by atoms with E-state index in [1.54, 1.807) is 6.07 Å². The fourth-order valence-electron chi connectivity index (χ4n) is 2.83. The van der Waals surface area contributed by atoms with E-state index >= 15 is 0 Å². The zero-order valence-corrected chi connectivity index (χ0v) is 10.2. The van der Waals surface area contributed by atoms with Crippen LogP contribution >= 0.6 is 0 Å². The summed E-state index contributed by atoms with van der Waals surface area (Å²) in [7, 11) is 4.23. The molecular weight excluding hydrogens is 215 g/mol. The Kier molecular flexibility index (Phi) is 2.44. The summed E-state index contributed by atoms with van der Waals surface area (Å²) in [6.45, 7) is 0. The van der Waals surface area contributed by atoms with Gasteiger partial charge in [-0.05, 0) is 45.1 Å². The van der Waals surface area contributed by atoms with Gasteiger partial charge in [-0.1, -0.05) is 6.07 Å². The molecule has 2 atom stereocenters. The normalized spacial score (nSPS) is 24.2. The zero-order valence-electron chi connectivity index (χ0n) is 10.2. The van der Waals surface area contributed by atoms with Crippen LogP contribution in [0.3, 0.4) is 0 Å². The summed E-state index contributed by atoms with van der Waals surface area (Å²) in [6.07, 6.45) is 4.43. The van der Waals surface area contributed by atoms with Gasteiger partial charge in [0.05, 0.1) is 5.52 Å². The van der Waals surface area contributed by atoms with E-state index in [2.05, 4.69) is 23.6 Å². The lowest BCUT2D eigenvalue weighted by molar-refractivity contribution is 0.116. The van der Waals surface area contributed by atoms with E-state index < -0.39 is 0 Å². The van der Waals surface area contributed by atoms with Gasteiger partial charge in [0.1, 0.15) is 5.82 Å². The van der Waals surface area contributed by atoms with Crippen LogP contribution in [0.15, 0.2) is 30.5 Å². The number of fused-ring (bicyclic) bond motifs is 1. The number of hydrogen-bond donors (Lipinski definition) is 0. The van der Waals surface area contributed by atoms with E-state index in [9.17, 15) is 4.39 Å². The Labute approximate surface area is 101 Å². The van der Waals surface area contributed by atoms with E-state index in [0.717, 1.165) is 10.9 Å². The van der Waals surface area contributed by atoms with Crippen LogP contribution in [0.5, 0.6) is 0 Å². The van der Waals surface area contributed by atoms with Crippen LogP contribution in [-0.4, -0.2) is 29.6 Å². The van der Waals surface area contributed by atoms with E-state index in [1.165, 1.54) is 18.9 Å². The zero-order chi connectivity index (χ0) is 12.0. The number of hydrogen-bond acceptors (Lipinski definition) is 1. The molecule has 0 saturated heterocycles. The molecule has 1 fully saturated rings. The van der Waals surface area contributed by atoms with Crippen molar-refractivity contribution >= 4 is 10.9 Å². The molecule has 1 aliphatic rings. The van der Waals surface area contributed by atoms with Gasteiger partial charge in [-0.25, -0.2) is 4.39 Å². The first kappa shape index (κ1) is 10.8. The number of likely N-dealkylation sites (N-methyl/N-ethyl adjacent to an activating group) is 1. The molecule has 1 saturated carbocycles. The van der Waals surface area contributed by atoms with E-state index in [4.69, 9.17) is 0 Å². The molecule has 0 bridgehead atoms. The molecule has 0 spiro atoms. The third kappa shape index (κ3) is 1.57. The molecule has 3 heteroatoms. The molecule has 1 aromatic carbocycles. The average Bonchev–Trinajstić information content (AvgIpc) is 2.61. The van der Waals surface area contributed by atoms with Crippen molar-refractivity contribution < 1.29 is 4.39 Å². The molecule has 90 valence electrons. The second kappa shape index (κ2) is 3.84. The Bertz CT molecular complexity index is 544. The van der Waals surface area contributed by atoms with E-state index in [0.29, 0.717) is 12.1 Å². The molecule has 17 heavy (non-hydrogen) atoms. The highest BCUT2D eigenvalue weighted by Gasteiger charge is 2.34. The maximum atomic E-state index is 13.6. The summed E-state index contributed by atoms with van der Waals surface area (Å²) >= 11 is 0. The molecule has 2 nitrogen and oxygen atoms in total. The summed E-state index contributed by atoms with van der Waals surface area (Å²) in [6, 6.07) is 8.27. The molecule has 3 rings (SSSR count). The largest absolute Gasteiger partial charge is 0.343 e. The van der Waals surface area contributed by atoms with Crippen molar-refractivity contribution in [2.24, 2.45) is 0 Å². The Morgan fingerprint density at radius 3 is 2.71 bits per heavy atom. The van der Waals surface area contributed by atoms with Gasteiger partial charge in [0.25, 0.3) is 0 Å². The first-order valence-corrected chi connectivity index (χ1v) is 6.10. The molecule has 2 aromatic rings. The monoisotopic (exact) mass is 232 g/mol. The summed E-state index contributed by atoms with van der Waals surface area (Å²) in [5, 5.41) is 0.733. The third-order valence-electron chi connectivity index (χ3n) is 3.93. The number of halogens is 1. The van der Waals surface area contributed by atoms with Gasteiger partial charge in [-0.2, -0.15) is 0 Å². The molecule has 1 aliphatic carbocycles. The van der Waals surface area contributed by atoms with Gasteiger partial charge in [0.15, 0.2) is 0 Å². The smallest absolute Gasteiger partial charge is 0.132 e. The van der Waals surface area contributed by atoms with Crippen molar-refractivity contribution in [2.75, 3.05) is 14.1 Å². The van der Waals surface area contributed by atoms with Crippen molar-refractivity contribution in [3.63, 3.8) is 0 Å². The van der Waals surface area contributed by atoms with Crippen molar-refractivity contribution in [1.82, 2.24) is 9.47 Å². The van der Waals surface area contributed by atoms with Crippen molar-refractivity contribution in [3.8, 4) is 0 Å². The Morgan fingerprint density at radius 1 is 1.24 bits per heavy atom. The van der Waals surface area contributed by atoms with Gasteiger partial charge in [-0.3, -0.25) is 0 Å².